The van der Waals surface area contributed by atoms with Gasteiger partial charge in [0.05, 0.1) is 29.5 Å². The van der Waals surface area contributed by atoms with Crippen LogP contribution in [0.4, 0.5) is 4.39 Å². The predicted octanol–water partition coefficient (Wildman–Crippen LogP) is 3.51. The van der Waals surface area contributed by atoms with E-state index >= 15 is 0 Å². The highest BCUT2D eigenvalue weighted by Crippen LogP contribution is 2.24. The molecule has 2 N–H and O–H groups in total. The van der Waals surface area contributed by atoms with Crippen molar-refractivity contribution >= 4 is 11.0 Å². The van der Waals surface area contributed by atoms with E-state index < -0.39 is 0 Å². The molecule has 134 valence electrons. The van der Waals surface area contributed by atoms with Crippen molar-refractivity contribution in [2.24, 2.45) is 0 Å². The number of hydrogen-bond acceptors (Lipinski definition) is 3. The van der Waals surface area contributed by atoms with Gasteiger partial charge < -0.3 is 15.0 Å². The molecular formula is C21H22FN3O. The van der Waals surface area contributed by atoms with E-state index in [1.807, 2.05) is 36.7 Å². The third-order valence-electron chi connectivity index (χ3n) is 4.90. The molecule has 0 amide bonds. The summed E-state index contributed by atoms with van der Waals surface area (Å²) in [6, 6.07) is 12.6. The lowest BCUT2D eigenvalue weighted by Crippen LogP contribution is -2.43. The number of nitrogens with one attached hydrogen (secondary N) is 1. The molecule has 1 fully saturated rings. The van der Waals surface area contributed by atoms with Crippen LogP contribution in [0.3, 0.4) is 0 Å². The number of hydrogen-bond donors (Lipinski definition) is 2. The molecule has 2 heterocycles. The molecule has 0 radical (unpaired) electrons. The van der Waals surface area contributed by atoms with Crippen LogP contribution in [0.25, 0.3) is 22.2 Å². The Morgan fingerprint density at radius 2 is 2.12 bits per heavy atom. The van der Waals surface area contributed by atoms with Gasteiger partial charge in [0, 0.05) is 6.54 Å². The Morgan fingerprint density at radius 3 is 2.96 bits per heavy atom. The molecule has 0 aliphatic carbocycles. The van der Waals surface area contributed by atoms with Crippen molar-refractivity contribution in [3.8, 4) is 11.1 Å². The maximum atomic E-state index is 13.5. The van der Waals surface area contributed by atoms with Crippen LogP contribution in [-0.2, 0) is 6.54 Å². The van der Waals surface area contributed by atoms with E-state index in [1.54, 1.807) is 6.07 Å². The fourth-order valence-electron chi connectivity index (χ4n) is 3.46. The Balaban J connectivity index is 1.57. The second-order valence-corrected chi connectivity index (χ2v) is 6.73. The van der Waals surface area contributed by atoms with Gasteiger partial charge >= 0.3 is 0 Å². The van der Waals surface area contributed by atoms with Crippen LogP contribution >= 0.6 is 0 Å². The van der Waals surface area contributed by atoms with Crippen molar-refractivity contribution in [3.63, 3.8) is 0 Å². The second-order valence-electron chi connectivity index (χ2n) is 6.73. The van der Waals surface area contributed by atoms with E-state index in [1.165, 1.54) is 12.1 Å². The number of imidazole rings is 1. The van der Waals surface area contributed by atoms with E-state index in [2.05, 4.69) is 20.9 Å². The highest BCUT2D eigenvalue weighted by molar-refractivity contribution is 5.82. The van der Waals surface area contributed by atoms with Crippen molar-refractivity contribution in [3.05, 3.63) is 66.8 Å². The van der Waals surface area contributed by atoms with Crippen LogP contribution in [0.15, 0.2) is 60.9 Å². The first-order chi connectivity index (χ1) is 12.7. The Hall–Kier alpha value is -2.50. The lowest BCUT2D eigenvalue weighted by molar-refractivity contribution is 0.115. The van der Waals surface area contributed by atoms with E-state index in [4.69, 9.17) is 0 Å². The fraction of sp³-hybridized carbons (Fsp3) is 0.286. The van der Waals surface area contributed by atoms with Crippen LogP contribution < -0.4 is 5.32 Å². The van der Waals surface area contributed by atoms with Crippen LogP contribution in [0, 0.1) is 5.82 Å². The van der Waals surface area contributed by atoms with E-state index in [0.29, 0.717) is 6.54 Å². The van der Waals surface area contributed by atoms with Crippen LogP contribution in [0.2, 0.25) is 0 Å². The topological polar surface area (TPSA) is 50.1 Å². The van der Waals surface area contributed by atoms with Gasteiger partial charge in [0.15, 0.2) is 0 Å². The lowest BCUT2D eigenvalue weighted by Gasteiger charge is -2.26. The van der Waals surface area contributed by atoms with Crippen LogP contribution in [0.1, 0.15) is 12.8 Å². The number of halogens is 1. The third kappa shape index (κ3) is 3.54. The largest absolute Gasteiger partial charge is 0.391 e. The standard InChI is InChI=1S/C21H22FN3O/c22-17-5-1-4-15(12-17)16-8-9-18-20(13-16)25(14-24-18)11-3-6-19-21(26)7-2-10-23-19/h1,3-6,8-9,12-14,19,21,23,26H,2,7,10-11H2/b6-3+. The van der Waals surface area contributed by atoms with Crippen LogP contribution in [-0.4, -0.2) is 33.3 Å². The summed E-state index contributed by atoms with van der Waals surface area (Å²) in [7, 11) is 0. The van der Waals surface area contributed by atoms with Crippen molar-refractivity contribution in [2.75, 3.05) is 6.54 Å². The molecule has 0 spiro atoms. The molecule has 2 aromatic carbocycles. The summed E-state index contributed by atoms with van der Waals surface area (Å²) in [4.78, 5) is 4.44. The molecule has 1 aliphatic heterocycles. The summed E-state index contributed by atoms with van der Waals surface area (Å²) in [6.07, 6.45) is 7.44. The second kappa shape index (κ2) is 7.40. The SMILES string of the molecule is OC1CCCNC1/C=C/Cn1cnc2ccc(-c3cccc(F)c3)cc21. The molecule has 0 bridgehead atoms. The first-order valence-electron chi connectivity index (χ1n) is 9.00. The van der Waals surface area contributed by atoms with Gasteiger partial charge in [-0.3, -0.25) is 0 Å². The maximum absolute atomic E-state index is 13.5. The van der Waals surface area contributed by atoms with Crippen molar-refractivity contribution in [1.82, 2.24) is 14.9 Å². The fourth-order valence-corrected chi connectivity index (χ4v) is 3.46. The molecule has 26 heavy (non-hydrogen) atoms. The zero-order chi connectivity index (χ0) is 17.9. The summed E-state index contributed by atoms with van der Waals surface area (Å²) in [6.45, 7) is 1.62. The normalized spacial score (nSPS) is 20.8. The molecule has 1 aromatic heterocycles. The number of benzene rings is 2. The Kier molecular flexibility index (Phi) is 4.82. The Bertz CT molecular complexity index is 934. The molecule has 2 unspecified atom stereocenters. The Morgan fingerprint density at radius 1 is 1.23 bits per heavy atom. The first kappa shape index (κ1) is 16.9. The van der Waals surface area contributed by atoms with Crippen molar-refractivity contribution < 1.29 is 9.50 Å². The monoisotopic (exact) mass is 351 g/mol. The van der Waals surface area contributed by atoms with Gasteiger partial charge in [0.1, 0.15) is 5.82 Å². The lowest BCUT2D eigenvalue weighted by atomic mass is 10.0. The van der Waals surface area contributed by atoms with Gasteiger partial charge in [0.2, 0.25) is 0 Å². The quantitative estimate of drug-likeness (QED) is 0.707. The van der Waals surface area contributed by atoms with Gasteiger partial charge in [-0.2, -0.15) is 0 Å². The van der Waals surface area contributed by atoms with Crippen molar-refractivity contribution in [2.45, 2.75) is 31.5 Å². The molecule has 4 nitrogen and oxygen atoms in total. The minimum Gasteiger partial charge on any atom is -0.391 e. The van der Waals surface area contributed by atoms with Gasteiger partial charge in [-0.05, 0) is 54.8 Å². The predicted molar refractivity (Wildman–Crippen MR) is 101 cm³/mol. The van der Waals surface area contributed by atoms with Gasteiger partial charge in [-0.25, -0.2) is 9.37 Å². The molecule has 0 saturated carbocycles. The zero-order valence-corrected chi connectivity index (χ0v) is 14.5. The molecule has 4 rings (SSSR count). The van der Waals surface area contributed by atoms with Gasteiger partial charge in [0.25, 0.3) is 0 Å². The molecule has 1 aliphatic rings. The smallest absolute Gasteiger partial charge is 0.123 e. The van der Waals surface area contributed by atoms with Crippen LogP contribution in [0.5, 0.6) is 0 Å². The van der Waals surface area contributed by atoms with Gasteiger partial charge in [-0.15, -0.1) is 0 Å². The summed E-state index contributed by atoms with van der Waals surface area (Å²) in [5.41, 5.74) is 3.74. The number of allylic oxidation sites excluding steroid dienone is 1. The molecular weight excluding hydrogens is 329 g/mol. The van der Waals surface area contributed by atoms with E-state index in [0.717, 1.165) is 41.5 Å². The highest BCUT2D eigenvalue weighted by atomic mass is 19.1. The van der Waals surface area contributed by atoms with E-state index in [-0.39, 0.29) is 18.0 Å². The molecule has 1 saturated heterocycles. The number of aliphatic hydroxyl groups excluding tert-OH is 1. The highest BCUT2D eigenvalue weighted by Gasteiger charge is 2.19. The first-order valence-corrected chi connectivity index (χ1v) is 9.00. The summed E-state index contributed by atoms with van der Waals surface area (Å²) >= 11 is 0. The molecule has 2 atom stereocenters. The third-order valence-corrected chi connectivity index (χ3v) is 4.90. The van der Waals surface area contributed by atoms with E-state index in [9.17, 15) is 9.50 Å². The molecule has 5 heteroatoms. The number of aliphatic hydroxyl groups is 1. The minimum atomic E-state index is -0.320. The average Bonchev–Trinajstić information content (AvgIpc) is 3.06. The maximum Gasteiger partial charge on any atom is 0.123 e. The minimum absolute atomic E-state index is 0.0152. The summed E-state index contributed by atoms with van der Waals surface area (Å²) in [5.74, 6) is -0.238. The summed E-state index contributed by atoms with van der Waals surface area (Å²) < 4.78 is 15.6. The zero-order valence-electron chi connectivity index (χ0n) is 14.5. The summed E-state index contributed by atoms with van der Waals surface area (Å²) in [5, 5.41) is 13.3. The molecule has 3 aromatic rings. The Labute approximate surface area is 152 Å². The number of piperidine rings is 1. The van der Waals surface area contributed by atoms with Crippen molar-refractivity contribution in [1.29, 1.82) is 0 Å². The number of aromatic nitrogens is 2. The number of fused-ring (bicyclic) bond motifs is 1. The number of nitrogens with zero attached hydrogens (tertiary/aromatic N) is 2. The number of rotatable bonds is 4. The average molecular weight is 351 g/mol. The van der Waals surface area contributed by atoms with Gasteiger partial charge in [-0.1, -0.05) is 30.4 Å².